The smallest absolute Gasteiger partial charge is 0.462 e. The summed E-state index contributed by atoms with van der Waals surface area (Å²) in [6.07, 6.45) is 78.7. The Morgan fingerprint density at radius 2 is 0.561 bits per heavy atom. The van der Waals surface area contributed by atoms with Gasteiger partial charge in [0.2, 0.25) is 0 Å². The van der Waals surface area contributed by atoms with Crippen molar-refractivity contribution >= 4 is 39.5 Å². The van der Waals surface area contributed by atoms with Crippen LogP contribution in [0.25, 0.3) is 0 Å². The van der Waals surface area contributed by atoms with Crippen molar-refractivity contribution in [2.75, 3.05) is 39.6 Å². The molecule has 0 heterocycles. The molecule has 0 bridgehead atoms. The van der Waals surface area contributed by atoms with E-state index in [9.17, 15) is 43.2 Å². The molecule has 0 saturated heterocycles. The van der Waals surface area contributed by atoms with Gasteiger partial charge in [-0.1, -0.05) is 263 Å². The predicted molar refractivity (Wildman–Crippen MR) is 399 cm³/mol. The maximum Gasteiger partial charge on any atom is 0.472 e. The number of phosphoric ester groups is 2. The normalized spacial score (nSPS) is 14.8. The van der Waals surface area contributed by atoms with Crippen LogP contribution in [0.2, 0.25) is 0 Å². The summed E-state index contributed by atoms with van der Waals surface area (Å²) in [5.41, 5.74) is 0. The summed E-state index contributed by atoms with van der Waals surface area (Å²) in [4.78, 5) is 72.7. The number of aliphatic hydroxyl groups is 1. The summed E-state index contributed by atoms with van der Waals surface area (Å²) in [5, 5.41) is 10.6. The van der Waals surface area contributed by atoms with E-state index in [-0.39, 0.29) is 25.7 Å². The van der Waals surface area contributed by atoms with Crippen molar-refractivity contribution in [2.24, 2.45) is 0 Å². The number of esters is 4. The summed E-state index contributed by atoms with van der Waals surface area (Å²) in [6, 6.07) is 0. The molecule has 5 unspecified atom stereocenters. The highest BCUT2D eigenvalue weighted by Gasteiger charge is 2.30. The van der Waals surface area contributed by atoms with Gasteiger partial charge in [0, 0.05) is 25.7 Å². The van der Waals surface area contributed by atoms with Gasteiger partial charge in [-0.2, -0.15) is 0 Å². The minimum absolute atomic E-state index is 0.0613. The third kappa shape index (κ3) is 69.4. The summed E-state index contributed by atoms with van der Waals surface area (Å²) in [6.45, 7) is 4.40. The lowest BCUT2D eigenvalue weighted by molar-refractivity contribution is -0.161. The van der Waals surface area contributed by atoms with Crippen molar-refractivity contribution in [1.29, 1.82) is 0 Å². The predicted octanol–water partition coefficient (Wildman–Crippen LogP) is 21.1. The Morgan fingerprint density at radius 1 is 0.296 bits per heavy atom. The number of carbonyl (C=O) groups excluding carboxylic acids is 4. The van der Waals surface area contributed by atoms with Crippen LogP contribution < -0.4 is 0 Å². The number of hydrogen-bond donors (Lipinski definition) is 3. The molecule has 558 valence electrons. The van der Waals surface area contributed by atoms with Gasteiger partial charge in [-0.15, -0.1) is 0 Å². The second-order valence-corrected chi connectivity index (χ2v) is 27.0. The van der Waals surface area contributed by atoms with Crippen LogP contribution in [0.5, 0.6) is 0 Å². The second kappa shape index (κ2) is 70.4. The summed E-state index contributed by atoms with van der Waals surface area (Å²) in [5.74, 6) is -2.33. The number of rotatable bonds is 68. The van der Waals surface area contributed by atoms with Gasteiger partial charge in [0.25, 0.3) is 0 Å². The van der Waals surface area contributed by atoms with E-state index in [4.69, 9.17) is 37.0 Å². The SMILES string of the molecule is CC/C=C\C/C=C\C/C=C\C/C=C\C/C=C\CCCC(=O)OCC(COP(=O)(O)OCC(O)COP(=O)(O)OCC(COC(=O)CCC/C=C\C/C=C\C/C=C\C/C=C\C/C=C\CC)OC(=O)CCCCCCCCCCCCC)OC(=O)CCCCCCC/C=C\C/C=C\CCC. The van der Waals surface area contributed by atoms with Gasteiger partial charge in [-0.25, -0.2) is 9.13 Å². The molecule has 0 aromatic heterocycles. The second-order valence-electron chi connectivity index (χ2n) is 24.1. The van der Waals surface area contributed by atoms with Crippen LogP contribution in [0, 0.1) is 0 Å². The molecule has 0 aromatic carbocycles. The first kappa shape index (κ1) is 92.9. The van der Waals surface area contributed by atoms with Crippen LogP contribution >= 0.6 is 15.6 Å². The van der Waals surface area contributed by atoms with Crippen molar-refractivity contribution in [3.05, 3.63) is 146 Å². The Balaban J connectivity index is 5.43. The Kier molecular flexibility index (Phi) is 66.7. The van der Waals surface area contributed by atoms with Crippen LogP contribution in [-0.4, -0.2) is 96.7 Å². The highest BCUT2D eigenvalue weighted by atomic mass is 31.2. The summed E-state index contributed by atoms with van der Waals surface area (Å²) >= 11 is 0. The zero-order chi connectivity index (χ0) is 71.8. The Morgan fingerprint density at radius 3 is 0.888 bits per heavy atom. The zero-order valence-electron chi connectivity index (χ0n) is 60.7. The first-order chi connectivity index (χ1) is 47.7. The molecule has 0 amide bonds. The quantitative estimate of drug-likeness (QED) is 0.0169. The number of hydrogen-bond acceptors (Lipinski definition) is 15. The van der Waals surface area contributed by atoms with E-state index in [2.05, 4.69) is 149 Å². The average molecular weight is 1410 g/mol. The first-order valence-electron chi connectivity index (χ1n) is 37.1. The van der Waals surface area contributed by atoms with Gasteiger partial charge >= 0.3 is 39.5 Å². The van der Waals surface area contributed by atoms with Gasteiger partial charge in [0.05, 0.1) is 26.4 Å². The van der Waals surface area contributed by atoms with Crippen molar-refractivity contribution in [3.63, 3.8) is 0 Å². The maximum absolute atomic E-state index is 13.1. The van der Waals surface area contributed by atoms with E-state index in [0.29, 0.717) is 38.5 Å². The molecule has 17 nitrogen and oxygen atoms in total. The molecule has 0 aliphatic heterocycles. The average Bonchev–Trinajstić information content (AvgIpc) is 0.973. The van der Waals surface area contributed by atoms with Crippen molar-refractivity contribution < 1.29 is 80.2 Å². The molecule has 0 saturated carbocycles. The van der Waals surface area contributed by atoms with Gasteiger partial charge in [0.1, 0.15) is 19.3 Å². The lowest BCUT2D eigenvalue weighted by Gasteiger charge is -2.21. The van der Waals surface area contributed by atoms with Crippen LogP contribution in [0.4, 0.5) is 0 Å². The maximum atomic E-state index is 13.1. The fourth-order valence-corrected chi connectivity index (χ4v) is 10.8. The van der Waals surface area contributed by atoms with Crippen LogP contribution in [0.15, 0.2) is 146 Å². The summed E-state index contributed by atoms with van der Waals surface area (Å²) < 4.78 is 68.2. The number of carbonyl (C=O) groups is 4. The van der Waals surface area contributed by atoms with E-state index in [1.807, 2.05) is 24.3 Å². The van der Waals surface area contributed by atoms with Crippen LogP contribution in [-0.2, 0) is 65.4 Å². The van der Waals surface area contributed by atoms with Gasteiger partial charge < -0.3 is 33.8 Å². The molecule has 0 spiro atoms. The number of aliphatic hydroxyl groups excluding tert-OH is 1. The summed E-state index contributed by atoms with van der Waals surface area (Å²) in [7, 11) is -9.98. The number of ether oxygens (including phenoxy) is 4. The lowest BCUT2D eigenvalue weighted by Crippen LogP contribution is -2.30. The van der Waals surface area contributed by atoms with E-state index >= 15 is 0 Å². The Labute approximate surface area is 592 Å². The molecule has 5 atom stereocenters. The van der Waals surface area contributed by atoms with Crippen LogP contribution in [0.1, 0.15) is 272 Å². The van der Waals surface area contributed by atoms with E-state index in [1.165, 1.54) is 38.5 Å². The van der Waals surface area contributed by atoms with Crippen molar-refractivity contribution in [2.45, 2.75) is 290 Å². The highest BCUT2D eigenvalue weighted by molar-refractivity contribution is 7.47. The van der Waals surface area contributed by atoms with Crippen molar-refractivity contribution in [1.82, 2.24) is 0 Å². The Hall–Kier alpha value is -5.06. The monoisotopic (exact) mass is 1410 g/mol. The minimum atomic E-state index is -4.99. The molecule has 98 heavy (non-hydrogen) atoms. The standard InChI is InChI=1S/C79H130O17P2/c1-5-9-13-17-21-25-29-32-34-36-38-41-44-47-51-55-59-63-76(81)89-69-74(95-78(83)65-61-57-53-49-43-28-24-20-16-12-8-4)71-93-97(85,86)91-67-73(80)68-92-98(87,88)94-72-75(96-79(84)66-62-58-54-50-46-40-31-27-23-19-15-11-7-3)70-90-77(82)64-60-56-52-48-45-42-39-37-35-33-30-26-22-18-14-10-6-2/h9-10,13-15,19,21-22,25-27,31-35,38-39,41-42,47-48,51-52,73-75,80H,5-8,11-12,16-18,20,23-24,28-30,36-37,40,43-46,49-50,53-72H2,1-4H3,(H,85,86)(H,87,88)/b13-9-,14-10-,19-15-,25-21-,26-22-,31-27-,34-32-,35-33-,41-38-,42-39-,51-47-,52-48-. The topological polar surface area (TPSA) is 237 Å². The largest absolute Gasteiger partial charge is 0.472 e. The molecular weight excluding hydrogens is 1280 g/mol. The molecule has 0 aliphatic rings. The fraction of sp³-hybridized carbons (Fsp3) is 0.646. The molecule has 3 N–H and O–H groups in total. The van der Waals surface area contributed by atoms with E-state index < -0.39 is 97.5 Å². The van der Waals surface area contributed by atoms with E-state index in [1.54, 1.807) is 0 Å². The third-order valence-corrected chi connectivity index (χ3v) is 16.7. The molecule has 0 fully saturated rings. The van der Waals surface area contributed by atoms with Gasteiger partial charge in [-0.3, -0.25) is 37.3 Å². The number of unbranched alkanes of at least 4 members (excludes halogenated alkanes) is 18. The molecule has 0 aliphatic carbocycles. The Bertz CT molecular complexity index is 2430. The van der Waals surface area contributed by atoms with Crippen molar-refractivity contribution in [3.8, 4) is 0 Å². The van der Waals surface area contributed by atoms with E-state index in [0.717, 1.165) is 141 Å². The van der Waals surface area contributed by atoms with Gasteiger partial charge in [-0.05, 0) is 128 Å². The molecule has 0 aromatic rings. The highest BCUT2D eigenvalue weighted by Crippen LogP contribution is 2.45. The number of allylic oxidation sites excluding steroid dienone is 24. The van der Waals surface area contributed by atoms with Gasteiger partial charge in [0.15, 0.2) is 12.2 Å². The fourth-order valence-electron chi connectivity index (χ4n) is 9.21. The van der Waals surface area contributed by atoms with Crippen LogP contribution in [0.3, 0.4) is 0 Å². The third-order valence-electron chi connectivity index (χ3n) is 14.8. The molecule has 0 rings (SSSR count). The first-order valence-corrected chi connectivity index (χ1v) is 40.1. The zero-order valence-corrected chi connectivity index (χ0v) is 62.4. The molecule has 19 heteroatoms. The molecule has 0 radical (unpaired) electrons. The molecular formula is C79H130O17P2. The lowest BCUT2D eigenvalue weighted by atomic mass is 10.1. The number of phosphoric acid groups is 2. The minimum Gasteiger partial charge on any atom is -0.462 e.